The Kier molecular flexibility index (Phi) is 6.55. The van der Waals surface area contributed by atoms with Gasteiger partial charge in [0, 0.05) is 36.0 Å². The van der Waals surface area contributed by atoms with Crippen LogP contribution < -0.4 is 11.5 Å². The van der Waals surface area contributed by atoms with Crippen molar-refractivity contribution in [2.45, 2.75) is 20.0 Å². The summed E-state index contributed by atoms with van der Waals surface area (Å²) in [4.78, 5) is 19.1. The molecule has 33 heavy (non-hydrogen) atoms. The number of aromatic amines is 1. The van der Waals surface area contributed by atoms with Gasteiger partial charge in [-0.3, -0.25) is 4.79 Å². The van der Waals surface area contributed by atoms with E-state index in [1.807, 2.05) is 79.0 Å². The van der Waals surface area contributed by atoms with E-state index in [0.29, 0.717) is 23.7 Å². The summed E-state index contributed by atoms with van der Waals surface area (Å²) in [6, 6.07) is 25.4. The maximum atomic E-state index is 11.0. The molecule has 0 unspecified atom stereocenters. The standard InChI is InChI=1S/C27H26N4O2/c1-18(32)33-17-19-11-13-20(14-12-19)26(29)27(21-7-3-2-4-8-21)31-25(28)15-22-16-30-24-10-6-5-9-23(22)24/h2-14,16,30H,15,17,29H2,1H3,(H2,28,31)/b27-26-. The molecule has 0 aliphatic carbocycles. The number of para-hydroxylation sites is 1. The highest BCUT2D eigenvalue weighted by Gasteiger charge is 2.11. The molecule has 6 nitrogen and oxygen atoms in total. The zero-order chi connectivity index (χ0) is 23.2. The average molecular weight is 439 g/mol. The summed E-state index contributed by atoms with van der Waals surface area (Å²) in [7, 11) is 0. The zero-order valence-corrected chi connectivity index (χ0v) is 18.4. The van der Waals surface area contributed by atoms with Crippen LogP contribution in [0.3, 0.4) is 0 Å². The zero-order valence-electron chi connectivity index (χ0n) is 18.4. The van der Waals surface area contributed by atoms with Crippen LogP contribution in [-0.4, -0.2) is 16.8 Å². The molecular formula is C27H26N4O2. The highest BCUT2D eigenvalue weighted by atomic mass is 16.5. The van der Waals surface area contributed by atoms with Gasteiger partial charge in [0.05, 0.1) is 11.4 Å². The van der Waals surface area contributed by atoms with Gasteiger partial charge in [-0.2, -0.15) is 0 Å². The Balaban J connectivity index is 1.67. The lowest BCUT2D eigenvalue weighted by atomic mass is 10.0. The Labute approximate surface area is 192 Å². The molecule has 0 fully saturated rings. The Morgan fingerprint density at radius 1 is 0.909 bits per heavy atom. The summed E-state index contributed by atoms with van der Waals surface area (Å²) in [5, 5.41) is 1.12. The molecule has 0 aliphatic heterocycles. The number of carbonyl (C=O) groups is 1. The number of aromatic nitrogens is 1. The maximum Gasteiger partial charge on any atom is 0.302 e. The van der Waals surface area contributed by atoms with Gasteiger partial charge >= 0.3 is 5.97 Å². The first-order chi connectivity index (χ1) is 16.0. The number of ether oxygens (including phenoxy) is 1. The second-order valence-corrected chi connectivity index (χ2v) is 7.74. The van der Waals surface area contributed by atoms with Gasteiger partial charge in [-0.1, -0.05) is 72.8 Å². The maximum absolute atomic E-state index is 11.0. The fourth-order valence-electron chi connectivity index (χ4n) is 3.63. The van der Waals surface area contributed by atoms with E-state index in [0.717, 1.165) is 33.2 Å². The molecule has 6 heteroatoms. The van der Waals surface area contributed by atoms with E-state index in [9.17, 15) is 4.79 Å². The summed E-state index contributed by atoms with van der Waals surface area (Å²) in [6.07, 6.45) is 2.46. The molecule has 0 spiro atoms. The van der Waals surface area contributed by atoms with Crippen LogP contribution in [0.1, 0.15) is 29.2 Å². The minimum absolute atomic E-state index is 0.223. The van der Waals surface area contributed by atoms with Gasteiger partial charge in [-0.05, 0) is 22.8 Å². The summed E-state index contributed by atoms with van der Waals surface area (Å²) in [5.41, 5.74) is 18.8. The first-order valence-electron chi connectivity index (χ1n) is 10.7. The third kappa shape index (κ3) is 5.30. The number of nitrogens with zero attached hydrogens (tertiary/aromatic N) is 1. The Morgan fingerprint density at radius 3 is 2.33 bits per heavy atom. The summed E-state index contributed by atoms with van der Waals surface area (Å²) < 4.78 is 5.05. The molecule has 3 aromatic carbocycles. The Bertz CT molecular complexity index is 1320. The molecule has 4 rings (SSSR count). The number of hydrogen-bond acceptors (Lipinski definition) is 4. The molecule has 0 aliphatic rings. The molecule has 1 aromatic heterocycles. The SMILES string of the molecule is CC(=O)OCc1ccc(/C(N)=C(/N=C(\N)Cc2c[nH]c3ccccc23)c2ccccc2)cc1. The third-order valence-electron chi connectivity index (χ3n) is 5.31. The van der Waals surface area contributed by atoms with E-state index < -0.39 is 0 Å². The molecule has 0 bridgehead atoms. The van der Waals surface area contributed by atoms with E-state index in [4.69, 9.17) is 21.2 Å². The second kappa shape index (κ2) is 9.87. The number of nitrogens with one attached hydrogen (secondary N) is 1. The number of fused-ring (bicyclic) bond motifs is 1. The van der Waals surface area contributed by atoms with Gasteiger partial charge in [-0.25, -0.2) is 4.99 Å². The van der Waals surface area contributed by atoms with Crippen molar-refractivity contribution >= 4 is 34.1 Å². The van der Waals surface area contributed by atoms with Crippen LogP contribution in [0, 0.1) is 0 Å². The Hall–Kier alpha value is -4.32. The number of nitrogens with two attached hydrogens (primary N) is 2. The van der Waals surface area contributed by atoms with E-state index in [1.165, 1.54) is 6.92 Å². The van der Waals surface area contributed by atoms with Crippen LogP contribution >= 0.6 is 0 Å². The van der Waals surface area contributed by atoms with Crippen LogP contribution in [0.25, 0.3) is 22.3 Å². The predicted octanol–water partition coefficient (Wildman–Crippen LogP) is 4.62. The molecular weight excluding hydrogens is 412 g/mol. The number of hydrogen-bond donors (Lipinski definition) is 3. The van der Waals surface area contributed by atoms with Crippen LogP contribution in [-0.2, 0) is 22.6 Å². The predicted molar refractivity (Wildman–Crippen MR) is 133 cm³/mol. The van der Waals surface area contributed by atoms with Crippen molar-refractivity contribution in [3.05, 3.63) is 107 Å². The summed E-state index contributed by atoms with van der Waals surface area (Å²) in [5.74, 6) is 0.151. The van der Waals surface area contributed by atoms with Crippen molar-refractivity contribution in [2.75, 3.05) is 0 Å². The number of carbonyl (C=O) groups excluding carboxylic acids is 1. The summed E-state index contributed by atoms with van der Waals surface area (Å²) >= 11 is 0. The van der Waals surface area contributed by atoms with Gasteiger partial charge in [0.2, 0.25) is 0 Å². The lowest BCUT2D eigenvalue weighted by molar-refractivity contribution is -0.142. The first-order valence-corrected chi connectivity index (χ1v) is 10.7. The van der Waals surface area contributed by atoms with Gasteiger partial charge in [0.1, 0.15) is 12.4 Å². The topological polar surface area (TPSA) is 106 Å². The van der Waals surface area contributed by atoms with Crippen LogP contribution in [0.5, 0.6) is 0 Å². The number of aliphatic imine (C=N–C) groups is 1. The van der Waals surface area contributed by atoms with Gasteiger partial charge in [0.15, 0.2) is 0 Å². The van der Waals surface area contributed by atoms with Crippen molar-refractivity contribution < 1.29 is 9.53 Å². The van der Waals surface area contributed by atoms with Crippen LogP contribution in [0.2, 0.25) is 0 Å². The molecule has 0 saturated heterocycles. The number of benzene rings is 3. The number of rotatable bonds is 7. The molecule has 0 radical (unpaired) electrons. The molecule has 0 saturated carbocycles. The highest BCUT2D eigenvalue weighted by molar-refractivity contribution is 5.97. The fraction of sp³-hybridized carbons (Fsp3) is 0.111. The monoisotopic (exact) mass is 438 g/mol. The lowest BCUT2D eigenvalue weighted by Crippen LogP contribution is -2.16. The van der Waals surface area contributed by atoms with Crippen LogP contribution in [0.15, 0.2) is 90.1 Å². The van der Waals surface area contributed by atoms with Crippen LogP contribution in [0.4, 0.5) is 0 Å². The van der Waals surface area contributed by atoms with E-state index in [1.54, 1.807) is 0 Å². The Morgan fingerprint density at radius 2 is 1.61 bits per heavy atom. The minimum Gasteiger partial charge on any atom is -0.461 e. The summed E-state index contributed by atoms with van der Waals surface area (Å²) in [6.45, 7) is 1.61. The molecule has 5 N–H and O–H groups in total. The number of amidine groups is 1. The molecule has 1 heterocycles. The molecule has 0 amide bonds. The molecule has 166 valence electrons. The van der Waals surface area contributed by atoms with Gasteiger partial charge in [0.25, 0.3) is 0 Å². The smallest absolute Gasteiger partial charge is 0.302 e. The lowest BCUT2D eigenvalue weighted by Gasteiger charge is -2.11. The van der Waals surface area contributed by atoms with Gasteiger partial charge < -0.3 is 21.2 Å². The van der Waals surface area contributed by atoms with E-state index >= 15 is 0 Å². The van der Waals surface area contributed by atoms with E-state index in [-0.39, 0.29) is 12.6 Å². The van der Waals surface area contributed by atoms with Crippen molar-refractivity contribution in [1.82, 2.24) is 4.98 Å². The van der Waals surface area contributed by atoms with Crippen molar-refractivity contribution in [1.29, 1.82) is 0 Å². The second-order valence-electron chi connectivity index (χ2n) is 7.74. The minimum atomic E-state index is -0.315. The fourth-order valence-corrected chi connectivity index (χ4v) is 3.63. The molecule has 4 aromatic rings. The molecule has 0 atom stereocenters. The normalized spacial score (nSPS) is 12.5. The largest absolute Gasteiger partial charge is 0.461 e. The third-order valence-corrected chi connectivity index (χ3v) is 5.31. The van der Waals surface area contributed by atoms with Crippen molar-refractivity contribution in [3.63, 3.8) is 0 Å². The number of H-pyrrole nitrogens is 1. The van der Waals surface area contributed by atoms with E-state index in [2.05, 4.69) is 11.1 Å². The van der Waals surface area contributed by atoms with Crippen molar-refractivity contribution in [3.8, 4) is 0 Å². The highest BCUT2D eigenvalue weighted by Crippen LogP contribution is 2.25. The average Bonchev–Trinajstić information content (AvgIpc) is 3.24. The quantitative estimate of drug-likeness (QED) is 0.169. The number of esters is 1. The van der Waals surface area contributed by atoms with Crippen molar-refractivity contribution in [2.24, 2.45) is 16.5 Å². The van der Waals surface area contributed by atoms with Gasteiger partial charge in [-0.15, -0.1) is 0 Å². The first kappa shape index (κ1) is 21.9.